The quantitative estimate of drug-likeness (QED) is 0.593. The molecule has 0 aliphatic rings. The third-order valence-corrected chi connectivity index (χ3v) is 1.79. The highest BCUT2D eigenvalue weighted by molar-refractivity contribution is 9.09. The Hall–Kier alpha value is -1.01. The van der Waals surface area contributed by atoms with Crippen LogP contribution >= 0.6 is 15.9 Å². The van der Waals surface area contributed by atoms with E-state index in [1.807, 2.05) is 0 Å². The number of rotatable bonds is 1. The Labute approximate surface area is 84.7 Å². The Kier molecular flexibility index (Phi) is 3.78. The molecule has 0 spiro atoms. The number of phenolic OH excluding ortho intramolecular Hbond substituents is 1. The average molecular weight is 243 g/mol. The Bertz CT molecular complexity index is 352. The van der Waals surface area contributed by atoms with Crippen LogP contribution in [-0.2, 0) is 0 Å². The predicted octanol–water partition coefficient (Wildman–Crippen LogP) is 2.67. The topological polar surface area (TPSA) is 20.2 Å². The van der Waals surface area contributed by atoms with Crippen molar-refractivity contribution < 1.29 is 9.50 Å². The molecule has 0 aliphatic carbocycles. The van der Waals surface area contributed by atoms with E-state index in [1.165, 1.54) is 18.2 Å². The molecule has 0 aliphatic heterocycles. The van der Waals surface area contributed by atoms with Gasteiger partial charge in [0.25, 0.3) is 0 Å². The summed E-state index contributed by atoms with van der Waals surface area (Å²) in [7, 11) is 0. The molecule has 68 valence electrons. The van der Waals surface area contributed by atoms with Gasteiger partial charge in [-0.05, 0) is 18.2 Å². The zero-order valence-corrected chi connectivity index (χ0v) is 8.44. The average Bonchev–Trinajstić information content (AvgIpc) is 2.11. The summed E-state index contributed by atoms with van der Waals surface area (Å²) in [6.07, 6.45) is 0.662. The molecule has 1 nitrogen and oxygen atoms in total. The third-order valence-electron chi connectivity index (χ3n) is 1.39. The highest BCUT2D eigenvalue weighted by atomic mass is 79.9. The Morgan fingerprint density at radius 1 is 1.46 bits per heavy atom. The van der Waals surface area contributed by atoms with Gasteiger partial charge in [-0.25, -0.2) is 4.39 Å². The van der Waals surface area contributed by atoms with Crippen molar-refractivity contribution in [3.05, 3.63) is 29.6 Å². The van der Waals surface area contributed by atoms with Crippen LogP contribution in [0.4, 0.5) is 4.39 Å². The predicted molar refractivity (Wildman–Crippen MR) is 53.4 cm³/mol. The maximum atomic E-state index is 13.0. The first-order chi connectivity index (χ1) is 6.24. The normalized spacial score (nSPS) is 9.08. The lowest BCUT2D eigenvalue weighted by Gasteiger charge is -1.94. The maximum absolute atomic E-state index is 13.0. The molecule has 0 unspecified atom stereocenters. The summed E-state index contributed by atoms with van der Waals surface area (Å²) in [6.45, 7) is 0. The number of hydrogen-bond acceptors (Lipinski definition) is 1. The van der Waals surface area contributed by atoms with Gasteiger partial charge in [0, 0.05) is 11.8 Å². The second-order valence-electron chi connectivity index (χ2n) is 2.40. The minimum Gasteiger partial charge on any atom is -0.508 e. The molecule has 0 saturated carbocycles. The highest BCUT2D eigenvalue weighted by Gasteiger charge is 1.98. The lowest BCUT2D eigenvalue weighted by Crippen LogP contribution is -1.82. The summed E-state index contributed by atoms with van der Waals surface area (Å²) in [4.78, 5) is 0. The standard InChI is InChI=1S/C10H8BrFO/c11-6-2-1-3-8-7-9(13)4-5-10(8)12/h4-5,7,13H,2,6H2. The number of benzene rings is 1. The van der Waals surface area contributed by atoms with E-state index in [2.05, 4.69) is 27.8 Å². The Balaban J connectivity index is 2.89. The van der Waals surface area contributed by atoms with E-state index in [4.69, 9.17) is 5.11 Å². The van der Waals surface area contributed by atoms with Gasteiger partial charge >= 0.3 is 0 Å². The SMILES string of the molecule is Oc1ccc(F)c(C#CCCBr)c1. The van der Waals surface area contributed by atoms with Gasteiger partial charge in [-0.15, -0.1) is 0 Å². The molecule has 0 radical (unpaired) electrons. The first-order valence-electron chi connectivity index (χ1n) is 3.77. The van der Waals surface area contributed by atoms with Crippen molar-refractivity contribution in [1.82, 2.24) is 0 Å². The molecule has 1 aromatic rings. The minimum atomic E-state index is -0.403. The van der Waals surface area contributed by atoms with Crippen molar-refractivity contribution in [2.75, 3.05) is 5.33 Å². The molecular formula is C10H8BrFO. The van der Waals surface area contributed by atoms with Gasteiger partial charge in [0.2, 0.25) is 0 Å². The molecule has 3 heteroatoms. The van der Waals surface area contributed by atoms with E-state index in [0.717, 1.165) is 5.33 Å². The second kappa shape index (κ2) is 4.88. The zero-order chi connectivity index (χ0) is 9.68. The molecule has 1 rings (SSSR count). The molecule has 0 atom stereocenters. The van der Waals surface area contributed by atoms with E-state index < -0.39 is 5.82 Å². The zero-order valence-electron chi connectivity index (χ0n) is 6.85. The highest BCUT2D eigenvalue weighted by Crippen LogP contribution is 2.13. The fourth-order valence-electron chi connectivity index (χ4n) is 0.814. The van der Waals surface area contributed by atoms with Crippen LogP contribution in [0.25, 0.3) is 0 Å². The number of phenols is 1. The largest absolute Gasteiger partial charge is 0.508 e. The van der Waals surface area contributed by atoms with Crippen molar-refractivity contribution in [3.63, 3.8) is 0 Å². The monoisotopic (exact) mass is 242 g/mol. The molecule has 0 heterocycles. The van der Waals surface area contributed by atoms with Crippen molar-refractivity contribution in [3.8, 4) is 17.6 Å². The van der Waals surface area contributed by atoms with Crippen LogP contribution in [0.1, 0.15) is 12.0 Å². The van der Waals surface area contributed by atoms with Gasteiger partial charge in [-0.2, -0.15) is 0 Å². The molecule has 0 bridgehead atoms. The summed E-state index contributed by atoms with van der Waals surface area (Å²) in [5, 5.41) is 9.81. The van der Waals surface area contributed by atoms with Crippen LogP contribution in [0.15, 0.2) is 18.2 Å². The van der Waals surface area contributed by atoms with E-state index in [0.29, 0.717) is 6.42 Å². The number of halogens is 2. The third kappa shape index (κ3) is 3.08. The molecule has 1 N–H and O–H groups in total. The second-order valence-corrected chi connectivity index (χ2v) is 3.20. The van der Waals surface area contributed by atoms with Crippen LogP contribution in [0.3, 0.4) is 0 Å². The van der Waals surface area contributed by atoms with Crippen LogP contribution in [0.5, 0.6) is 5.75 Å². The van der Waals surface area contributed by atoms with E-state index in [1.54, 1.807) is 0 Å². The lowest BCUT2D eigenvalue weighted by atomic mass is 10.2. The van der Waals surface area contributed by atoms with Crippen molar-refractivity contribution in [2.45, 2.75) is 6.42 Å². The van der Waals surface area contributed by atoms with Gasteiger partial charge in [0.05, 0.1) is 5.56 Å². The minimum absolute atomic E-state index is 0.0320. The van der Waals surface area contributed by atoms with Crippen molar-refractivity contribution in [1.29, 1.82) is 0 Å². The first kappa shape index (κ1) is 10.1. The summed E-state index contributed by atoms with van der Waals surface area (Å²) < 4.78 is 13.0. The molecule has 1 aromatic carbocycles. The molecule has 13 heavy (non-hydrogen) atoms. The first-order valence-corrected chi connectivity index (χ1v) is 4.89. The summed E-state index contributed by atoms with van der Waals surface area (Å²) in [5.74, 6) is 5.04. The summed E-state index contributed by atoms with van der Waals surface area (Å²) in [6, 6.07) is 3.81. The van der Waals surface area contributed by atoms with Crippen molar-refractivity contribution in [2.24, 2.45) is 0 Å². The number of hydrogen-bond donors (Lipinski definition) is 1. The molecule has 0 aromatic heterocycles. The number of alkyl halides is 1. The molecule has 0 fully saturated rings. The molecule has 0 amide bonds. The fourth-order valence-corrected chi connectivity index (χ4v) is 1.01. The Morgan fingerprint density at radius 2 is 2.23 bits per heavy atom. The van der Waals surface area contributed by atoms with E-state index in [9.17, 15) is 4.39 Å². The van der Waals surface area contributed by atoms with Gasteiger partial charge in [0.15, 0.2) is 0 Å². The summed E-state index contributed by atoms with van der Waals surface area (Å²) in [5.41, 5.74) is 0.237. The van der Waals surface area contributed by atoms with E-state index in [-0.39, 0.29) is 11.3 Å². The van der Waals surface area contributed by atoms with Gasteiger partial charge in [-0.1, -0.05) is 27.8 Å². The fraction of sp³-hybridized carbons (Fsp3) is 0.200. The Morgan fingerprint density at radius 3 is 2.92 bits per heavy atom. The van der Waals surface area contributed by atoms with Crippen LogP contribution in [-0.4, -0.2) is 10.4 Å². The van der Waals surface area contributed by atoms with Crippen LogP contribution < -0.4 is 0 Å². The van der Waals surface area contributed by atoms with E-state index >= 15 is 0 Å². The number of aromatic hydroxyl groups is 1. The lowest BCUT2D eigenvalue weighted by molar-refractivity contribution is 0.472. The molecule has 0 saturated heterocycles. The van der Waals surface area contributed by atoms with Gasteiger partial charge in [-0.3, -0.25) is 0 Å². The maximum Gasteiger partial charge on any atom is 0.139 e. The smallest absolute Gasteiger partial charge is 0.139 e. The van der Waals surface area contributed by atoms with Crippen LogP contribution in [0.2, 0.25) is 0 Å². The summed E-state index contributed by atoms with van der Waals surface area (Å²) >= 11 is 3.21. The van der Waals surface area contributed by atoms with Gasteiger partial charge in [0.1, 0.15) is 11.6 Å². The van der Waals surface area contributed by atoms with Gasteiger partial charge < -0.3 is 5.11 Å². The van der Waals surface area contributed by atoms with Crippen molar-refractivity contribution >= 4 is 15.9 Å². The van der Waals surface area contributed by atoms with Crippen LogP contribution in [0, 0.1) is 17.7 Å². The molecular weight excluding hydrogens is 235 g/mol.